The molecule has 1 aromatic heterocycles. The molecule has 7 nitrogen and oxygen atoms in total. The number of aromatic nitrogens is 1. The molecule has 24 heavy (non-hydrogen) atoms. The molecule has 1 N–H and O–H groups in total. The minimum atomic E-state index is -1.18. The van der Waals surface area contributed by atoms with Crippen molar-refractivity contribution in [1.82, 2.24) is 10.3 Å². The molecule has 2 heterocycles. The van der Waals surface area contributed by atoms with Crippen LogP contribution in [0.15, 0.2) is 58.3 Å². The first kappa shape index (κ1) is 16.0. The van der Waals surface area contributed by atoms with Gasteiger partial charge < -0.3 is 0 Å². The lowest BCUT2D eigenvalue weighted by Crippen LogP contribution is -2.58. The third-order valence-electron chi connectivity index (χ3n) is 3.32. The van der Waals surface area contributed by atoms with Crippen LogP contribution in [0, 0.1) is 5.92 Å². The van der Waals surface area contributed by atoms with Crippen LogP contribution in [-0.2, 0) is 9.59 Å². The lowest BCUT2D eigenvalue weighted by molar-refractivity contribution is -0.131. The van der Waals surface area contributed by atoms with Crippen molar-refractivity contribution in [3.05, 3.63) is 53.3 Å². The number of aliphatic imine (C=N–C) groups is 1. The number of hydrogen-bond donors (Lipinski definition) is 1. The van der Waals surface area contributed by atoms with Gasteiger partial charge in [0.25, 0.3) is 5.91 Å². The summed E-state index contributed by atoms with van der Waals surface area (Å²) < 4.78 is 0.808. The maximum Gasteiger partial charge on any atom is 0.335 e. The molecule has 0 bridgehead atoms. The van der Waals surface area contributed by atoms with Gasteiger partial charge in [-0.2, -0.15) is 0 Å². The number of nitrogens with one attached hydrogen (secondary N) is 1. The highest BCUT2D eigenvalue weighted by atomic mass is 79.9. The standard InChI is InChI=1S/C16H11BrN4O3/c17-10-1-3-12(4-2-10)21-15(23)13(14(22)20-16(21)24)9-19-11-5-7-18-8-6-11/h1-9,13H,(H,20,22,24)/t13-/m0/s1. The van der Waals surface area contributed by atoms with Crippen LogP contribution in [0.1, 0.15) is 0 Å². The highest BCUT2D eigenvalue weighted by molar-refractivity contribution is 9.10. The minimum Gasteiger partial charge on any atom is -0.276 e. The van der Waals surface area contributed by atoms with Crippen LogP contribution in [-0.4, -0.2) is 29.0 Å². The summed E-state index contributed by atoms with van der Waals surface area (Å²) in [5.74, 6) is -2.53. The quantitative estimate of drug-likeness (QED) is 0.647. The SMILES string of the molecule is O=C1NC(=O)N(c2ccc(Br)cc2)C(=O)[C@H]1C=Nc1ccncc1. The third-order valence-corrected chi connectivity index (χ3v) is 3.85. The fourth-order valence-electron chi connectivity index (χ4n) is 2.15. The predicted octanol–water partition coefficient (Wildman–Crippen LogP) is 2.45. The van der Waals surface area contributed by atoms with E-state index in [0.717, 1.165) is 9.37 Å². The summed E-state index contributed by atoms with van der Waals surface area (Å²) in [6.45, 7) is 0. The van der Waals surface area contributed by atoms with Crippen LogP contribution in [0.25, 0.3) is 0 Å². The van der Waals surface area contributed by atoms with Gasteiger partial charge in [0.05, 0.1) is 11.4 Å². The van der Waals surface area contributed by atoms with Crippen molar-refractivity contribution in [2.24, 2.45) is 10.9 Å². The number of nitrogens with zero attached hydrogens (tertiary/aromatic N) is 3. The number of pyridine rings is 1. The molecule has 0 saturated carbocycles. The second kappa shape index (κ2) is 6.71. The summed E-state index contributed by atoms with van der Waals surface area (Å²) in [5, 5.41) is 2.17. The molecule has 8 heteroatoms. The average Bonchev–Trinajstić information content (AvgIpc) is 2.57. The highest BCUT2D eigenvalue weighted by Crippen LogP contribution is 2.22. The van der Waals surface area contributed by atoms with Gasteiger partial charge in [0.15, 0.2) is 5.92 Å². The largest absolute Gasteiger partial charge is 0.335 e. The van der Waals surface area contributed by atoms with E-state index in [9.17, 15) is 14.4 Å². The van der Waals surface area contributed by atoms with Crippen molar-refractivity contribution >= 4 is 51.4 Å². The van der Waals surface area contributed by atoms with E-state index in [2.05, 4.69) is 31.2 Å². The van der Waals surface area contributed by atoms with E-state index in [1.807, 2.05) is 0 Å². The Labute approximate surface area is 145 Å². The molecule has 2 aromatic rings. The summed E-state index contributed by atoms with van der Waals surface area (Å²) in [6.07, 6.45) is 4.32. The molecule has 1 aliphatic rings. The Morgan fingerprint density at radius 3 is 2.42 bits per heavy atom. The number of rotatable bonds is 3. The molecule has 1 aromatic carbocycles. The smallest absolute Gasteiger partial charge is 0.276 e. The molecule has 0 aliphatic carbocycles. The van der Waals surface area contributed by atoms with Gasteiger partial charge in [0.1, 0.15) is 0 Å². The molecule has 3 rings (SSSR count). The molecule has 1 fully saturated rings. The van der Waals surface area contributed by atoms with Gasteiger partial charge in [-0.1, -0.05) is 15.9 Å². The molecule has 1 aliphatic heterocycles. The van der Waals surface area contributed by atoms with E-state index in [1.54, 1.807) is 48.8 Å². The first-order valence-electron chi connectivity index (χ1n) is 6.95. The number of carbonyl (C=O) groups excluding carboxylic acids is 3. The van der Waals surface area contributed by atoms with Gasteiger partial charge in [-0.05, 0) is 36.4 Å². The molecular weight excluding hydrogens is 376 g/mol. The van der Waals surface area contributed by atoms with Gasteiger partial charge >= 0.3 is 6.03 Å². The number of barbiturate groups is 1. The maximum atomic E-state index is 12.6. The number of amides is 4. The number of anilines is 1. The third kappa shape index (κ3) is 3.23. The Kier molecular flexibility index (Phi) is 4.48. The van der Waals surface area contributed by atoms with Crippen LogP contribution in [0.5, 0.6) is 0 Å². The molecule has 0 radical (unpaired) electrons. The summed E-state index contributed by atoms with van der Waals surface area (Å²) in [7, 11) is 0. The number of urea groups is 1. The Hall–Kier alpha value is -2.87. The number of hydrogen-bond acceptors (Lipinski definition) is 5. The van der Waals surface area contributed by atoms with Crippen LogP contribution in [0.4, 0.5) is 16.2 Å². The second-order valence-electron chi connectivity index (χ2n) is 4.91. The van der Waals surface area contributed by atoms with E-state index >= 15 is 0 Å². The molecule has 1 atom stereocenters. The van der Waals surface area contributed by atoms with E-state index in [1.165, 1.54) is 6.21 Å². The van der Waals surface area contributed by atoms with E-state index in [4.69, 9.17) is 0 Å². The Morgan fingerprint density at radius 1 is 1.08 bits per heavy atom. The fraction of sp³-hybridized carbons (Fsp3) is 0.0625. The van der Waals surface area contributed by atoms with Crippen molar-refractivity contribution < 1.29 is 14.4 Å². The Balaban J connectivity index is 1.88. The van der Waals surface area contributed by atoms with E-state index in [0.29, 0.717) is 11.4 Å². The number of benzene rings is 1. The van der Waals surface area contributed by atoms with Crippen LogP contribution in [0.2, 0.25) is 0 Å². The first-order chi connectivity index (χ1) is 11.6. The van der Waals surface area contributed by atoms with Gasteiger partial charge in [0.2, 0.25) is 5.91 Å². The van der Waals surface area contributed by atoms with Gasteiger partial charge in [0, 0.05) is 23.1 Å². The summed E-state index contributed by atoms with van der Waals surface area (Å²) >= 11 is 3.29. The number of halogens is 1. The zero-order valence-electron chi connectivity index (χ0n) is 12.2. The van der Waals surface area contributed by atoms with Crippen LogP contribution < -0.4 is 10.2 Å². The molecule has 0 unspecified atom stereocenters. The molecular formula is C16H11BrN4O3. The van der Waals surface area contributed by atoms with Crippen molar-refractivity contribution in [3.63, 3.8) is 0 Å². The second-order valence-corrected chi connectivity index (χ2v) is 5.82. The van der Waals surface area contributed by atoms with Crippen LogP contribution >= 0.6 is 15.9 Å². The van der Waals surface area contributed by atoms with Gasteiger partial charge in [-0.25, -0.2) is 9.69 Å². The summed E-state index contributed by atoms with van der Waals surface area (Å²) in [5.41, 5.74) is 0.924. The maximum absolute atomic E-state index is 12.6. The van der Waals surface area contributed by atoms with Crippen molar-refractivity contribution in [1.29, 1.82) is 0 Å². The number of carbonyl (C=O) groups is 3. The van der Waals surface area contributed by atoms with Crippen molar-refractivity contribution in [2.45, 2.75) is 0 Å². The van der Waals surface area contributed by atoms with E-state index < -0.39 is 23.8 Å². The van der Waals surface area contributed by atoms with E-state index in [-0.39, 0.29) is 0 Å². The Bertz CT molecular complexity index is 821. The van der Waals surface area contributed by atoms with Crippen molar-refractivity contribution in [3.8, 4) is 0 Å². The van der Waals surface area contributed by atoms with Gasteiger partial charge in [-0.15, -0.1) is 0 Å². The lowest BCUT2D eigenvalue weighted by Gasteiger charge is -2.28. The summed E-state index contributed by atoms with van der Waals surface area (Å²) in [6, 6.07) is 9.11. The lowest BCUT2D eigenvalue weighted by atomic mass is 10.1. The minimum absolute atomic E-state index is 0.371. The zero-order chi connectivity index (χ0) is 17.1. The monoisotopic (exact) mass is 386 g/mol. The molecule has 120 valence electrons. The molecule has 0 spiro atoms. The topological polar surface area (TPSA) is 91.7 Å². The van der Waals surface area contributed by atoms with Crippen LogP contribution in [0.3, 0.4) is 0 Å². The van der Waals surface area contributed by atoms with Crippen molar-refractivity contribution in [2.75, 3.05) is 4.90 Å². The molecule has 1 saturated heterocycles. The summed E-state index contributed by atoms with van der Waals surface area (Å²) in [4.78, 5) is 45.5. The molecule has 4 amide bonds. The first-order valence-corrected chi connectivity index (χ1v) is 7.74. The normalized spacial score (nSPS) is 18.1. The Morgan fingerprint density at radius 2 is 1.75 bits per heavy atom. The number of imide groups is 2. The van der Waals surface area contributed by atoms with Gasteiger partial charge in [-0.3, -0.25) is 24.9 Å². The zero-order valence-corrected chi connectivity index (χ0v) is 13.8. The highest BCUT2D eigenvalue weighted by Gasteiger charge is 2.40. The predicted molar refractivity (Wildman–Crippen MR) is 91.0 cm³/mol. The average molecular weight is 387 g/mol. The fourth-order valence-corrected chi connectivity index (χ4v) is 2.41.